The van der Waals surface area contributed by atoms with Gasteiger partial charge in [0.05, 0.1) is 10.9 Å². The maximum absolute atomic E-state index is 4.62. The summed E-state index contributed by atoms with van der Waals surface area (Å²) in [7, 11) is 2.13. The van der Waals surface area contributed by atoms with Crippen LogP contribution in [-0.4, -0.2) is 9.97 Å². The van der Waals surface area contributed by atoms with Crippen LogP contribution in [0.4, 0.5) is 0 Å². The molecule has 31 heavy (non-hydrogen) atoms. The summed E-state index contributed by atoms with van der Waals surface area (Å²) in [5.41, 5.74) is 8.89. The molecule has 0 N–H and O–H groups in total. The van der Waals surface area contributed by atoms with Crippen LogP contribution in [0.5, 0.6) is 0 Å². The lowest BCUT2D eigenvalue weighted by Crippen LogP contribution is -2.30. The van der Waals surface area contributed by atoms with Crippen LogP contribution in [0.2, 0.25) is 0 Å². The molecule has 158 valence electrons. The van der Waals surface area contributed by atoms with Gasteiger partial charge in [0.1, 0.15) is 12.9 Å². The van der Waals surface area contributed by atoms with E-state index in [1.54, 1.807) is 0 Å². The molecule has 0 saturated carbocycles. The quantitative estimate of drug-likeness (QED) is 0.371. The number of nitrogens with zero attached hydrogens (tertiary/aromatic N) is 3. The average molecular weight is 411 g/mol. The Morgan fingerprint density at radius 3 is 2.26 bits per heavy atom. The molecule has 0 atom stereocenters. The molecular weight excluding hydrogens is 378 g/mol. The molecule has 0 bridgehead atoms. The van der Waals surface area contributed by atoms with Crippen molar-refractivity contribution >= 4 is 10.8 Å². The summed E-state index contributed by atoms with van der Waals surface area (Å²) in [5, 5.41) is 2.48. The number of fused-ring (bicyclic) bond motifs is 1. The van der Waals surface area contributed by atoms with Gasteiger partial charge >= 0.3 is 0 Å². The van der Waals surface area contributed by atoms with Crippen molar-refractivity contribution in [2.75, 3.05) is 0 Å². The number of benzene rings is 2. The largest absolute Gasteiger partial charge is 0.241 e. The molecule has 0 fully saturated rings. The van der Waals surface area contributed by atoms with Gasteiger partial charge in [0.25, 0.3) is 0 Å². The fourth-order valence-corrected chi connectivity index (χ4v) is 4.24. The van der Waals surface area contributed by atoms with Crippen molar-refractivity contribution in [3.8, 4) is 22.4 Å². The minimum atomic E-state index is 0.183. The molecular formula is C28H32N3+. The Morgan fingerprint density at radius 1 is 0.871 bits per heavy atom. The summed E-state index contributed by atoms with van der Waals surface area (Å²) in [6.07, 6.45) is 6.93. The van der Waals surface area contributed by atoms with Crippen LogP contribution < -0.4 is 4.57 Å². The standard InChI is InChI=1S/C28H32N3/c1-18-12-19(2)20(3)25(13-18)27-24-9-8-21(14-22(24)10-11-31(27)7)23-16-29-26(30-17-23)15-28(4,5)6/h8-14,16-17H,15H2,1-7H3/q+1. The van der Waals surface area contributed by atoms with E-state index < -0.39 is 0 Å². The van der Waals surface area contributed by atoms with Gasteiger partial charge in [-0.2, -0.15) is 0 Å². The Bertz CT molecular complexity index is 1260. The Morgan fingerprint density at radius 2 is 1.58 bits per heavy atom. The van der Waals surface area contributed by atoms with Crippen molar-refractivity contribution in [3.05, 3.63) is 77.5 Å². The summed E-state index contributed by atoms with van der Waals surface area (Å²) >= 11 is 0. The fraction of sp³-hybridized carbons (Fsp3) is 0.321. The van der Waals surface area contributed by atoms with E-state index in [1.807, 2.05) is 12.4 Å². The van der Waals surface area contributed by atoms with Gasteiger partial charge in [-0.15, -0.1) is 0 Å². The number of hydrogen-bond donors (Lipinski definition) is 0. The van der Waals surface area contributed by atoms with Crippen molar-refractivity contribution in [1.29, 1.82) is 0 Å². The van der Waals surface area contributed by atoms with Crippen LogP contribution in [0, 0.1) is 26.2 Å². The molecule has 2 heterocycles. The zero-order valence-electron chi connectivity index (χ0n) is 19.7. The van der Waals surface area contributed by atoms with Gasteiger partial charge in [0.15, 0.2) is 6.20 Å². The van der Waals surface area contributed by atoms with Gasteiger partial charge in [0.2, 0.25) is 5.69 Å². The minimum absolute atomic E-state index is 0.183. The van der Waals surface area contributed by atoms with Crippen LogP contribution in [0.15, 0.2) is 55.0 Å². The lowest BCUT2D eigenvalue weighted by Gasteiger charge is -2.16. The van der Waals surface area contributed by atoms with Gasteiger partial charge in [-0.25, -0.2) is 14.5 Å². The summed E-state index contributed by atoms with van der Waals surface area (Å²) in [6.45, 7) is 13.2. The van der Waals surface area contributed by atoms with Crippen molar-refractivity contribution in [3.63, 3.8) is 0 Å². The van der Waals surface area contributed by atoms with Crippen molar-refractivity contribution in [1.82, 2.24) is 9.97 Å². The van der Waals surface area contributed by atoms with Crippen LogP contribution in [0.3, 0.4) is 0 Å². The van der Waals surface area contributed by atoms with E-state index in [0.717, 1.165) is 23.4 Å². The maximum Gasteiger partial charge on any atom is 0.220 e. The Hall–Kier alpha value is -3.07. The lowest BCUT2D eigenvalue weighted by molar-refractivity contribution is -0.659. The zero-order chi connectivity index (χ0) is 22.3. The lowest BCUT2D eigenvalue weighted by atomic mass is 9.92. The zero-order valence-corrected chi connectivity index (χ0v) is 19.7. The molecule has 0 aliphatic rings. The number of pyridine rings is 1. The average Bonchev–Trinajstić information content (AvgIpc) is 2.70. The Kier molecular flexibility index (Phi) is 5.38. The third-order valence-corrected chi connectivity index (χ3v) is 5.93. The van der Waals surface area contributed by atoms with Gasteiger partial charge in [-0.3, -0.25) is 0 Å². The van der Waals surface area contributed by atoms with Crippen LogP contribution in [-0.2, 0) is 13.5 Å². The monoisotopic (exact) mass is 410 g/mol. The highest BCUT2D eigenvalue weighted by atomic mass is 14.9. The predicted octanol–water partition coefficient (Wildman–Crippen LogP) is 6.30. The Labute approximate surface area is 185 Å². The third kappa shape index (κ3) is 4.36. The third-order valence-electron chi connectivity index (χ3n) is 5.93. The number of aryl methyl sites for hydroxylation is 3. The second-order valence-electron chi connectivity index (χ2n) is 9.96. The van der Waals surface area contributed by atoms with E-state index in [1.165, 1.54) is 38.7 Å². The molecule has 0 radical (unpaired) electrons. The van der Waals surface area contributed by atoms with Crippen molar-refractivity contribution in [2.24, 2.45) is 12.5 Å². The normalized spacial score (nSPS) is 11.8. The smallest absolute Gasteiger partial charge is 0.220 e. The number of hydrogen-bond acceptors (Lipinski definition) is 2. The highest BCUT2D eigenvalue weighted by Gasteiger charge is 2.19. The van der Waals surface area contributed by atoms with Gasteiger partial charge in [-0.05, 0) is 66.5 Å². The van der Waals surface area contributed by atoms with Crippen LogP contribution in [0.1, 0.15) is 43.3 Å². The first-order chi connectivity index (χ1) is 14.6. The first-order valence-corrected chi connectivity index (χ1v) is 10.9. The highest BCUT2D eigenvalue weighted by Crippen LogP contribution is 2.32. The van der Waals surface area contributed by atoms with Gasteiger partial charge in [-0.1, -0.05) is 38.5 Å². The molecule has 4 rings (SSSR count). The predicted molar refractivity (Wildman–Crippen MR) is 129 cm³/mol. The molecule has 0 spiro atoms. The van der Waals surface area contributed by atoms with Crippen LogP contribution >= 0.6 is 0 Å². The molecule has 3 heteroatoms. The van der Waals surface area contributed by atoms with E-state index in [4.69, 9.17) is 0 Å². The van der Waals surface area contributed by atoms with Crippen molar-refractivity contribution < 1.29 is 4.57 Å². The minimum Gasteiger partial charge on any atom is -0.241 e. The highest BCUT2D eigenvalue weighted by molar-refractivity contribution is 5.96. The molecule has 4 aromatic rings. The van der Waals surface area contributed by atoms with E-state index >= 15 is 0 Å². The Balaban J connectivity index is 1.79. The molecule has 0 saturated heterocycles. The number of rotatable bonds is 3. The van der Waals surface area contributed by atoms with E-state index in [-0.39, 0.29) is 5.41 Å². The second kappa shape index (κ2) is 7.88. The molecule has 3 nitrogen and oxygen atoms in total. The molecule has 0 amide bonds. The molecule has 0 aliphatic carbocycles. The topological polar surface area (TPSA) is 29.7 Å². The maximum atomic E-state index is 4.62. The van der Waals surface area contributed by atoms with Gasteiger partial charge in [0, 0.05) is 30.4 Å². The first kappa shape index (κ1) is 21.2. The summed E-state index contributed by atoms with van der Waals surface area (Å²) in [6, 6.07) is 13.4. The van der Waals surface area contributed by atoms with E-state index in [2.05, 4.69) is 106 Å². The number of aromatic nitrogens is 3. The van der Waals surface area contributed by atoms with Crippen LogP contribution in [0.25, 0.3) is 33.2 Å². The molecule has 0 aliphatic heterocycles. The first-order valence-electron chi connectivity index (χ1n) is 10.9. The van der Waals surface area contributed by atoms with Crippen molar-refractivity contribution in [2.45, 2.75) is 48.0 Å². The SMILES string of the molecule is Cc1cc(C)c(C)c(-c2c3ccc(-c4cnc(CC(C)(C)C)nc4)cc3cc[n+]2C)c1. The summed E-state index contributed by atoms with van der Waals surface area (Å²) in [4.78, 5) is 9.23. The second-order valence-corrected chi connectivity index (χ2v) is 9.96. The fourth-order valence-electron chi connectivity index (χ4n) is 4.24. The summed E-state index contributed by atoms with van der Waals surface area (Å²) < 4.78 is 2.23. The molecule has 2 aromatic heterocycles. The summed E-state index contributed by atoms with van der Waals surface area (Å²) in [5.74, 6) is 0.900. The van der Waals surface area contributed by atoms with E-state index in [9.17, 15) is 0 Å². The van der Waals surface area contributed by atoms with E-state index in [0.29, 0.717) is 0 Å². The van der Waals surface area contributed by atoms with Gasteiger partial charge < -0.3 is 0 Å². The molecule has 0 unspecified atom stereocenters. The molecule has 2 aromatic carbocycles.